The average Bonchev–Trinajstić information content (AvgIpc) is 2.04. The number of oxime groups is 1. The minimum atomic E-state index is -0.406. The zero-order valence-corrected chi connectivity index (χ0v) is 7.84. The van der Waals surface area contributed by atoms with Gasteiger partial charge in [0, 0.05) is 0 Å². The number of nitrogens with zero attached hydrogens (tertiary/aromatic N) is 1. The van der Waals surface area contributed by atoms with E-state index in [9.17, 15) is 4.79 Å². The summed E-state index contributed by atoms with van der Waals surface area (Å²) in [5, 5.41) is 9.10. The molecule has 0 aromatic carbocycles. The summed E-state index contributed by atoms with van der Waals surface area (Å²) in [6, 6.07) is 0. The van der Waals surface area contributed by atoms with Gasteiger partial charge in [0.1, 0.15) is 7.11 Å². The molecule has 70 valence electrons. The van der Waals surface area contributed by atoms with Crippen molar-refractivity contribution in [3.05, 3.63) is 0 Å². The summed E-state index contributed by atoms with van der Waals surface area (Å²) in [5.41, 5.74) is -0.406. The number of carbonyl (C=O) groups is 1. The van der Waals surface area contributed by atoms with E-state index in [1.54, 1.807) is 7.05 Å². The van der Waals surface area contributed by atoms with Crippen LogP contribution in [-0.2, 0) is 9.63 Å². The maximum atomic E-state index is 10.2. The number of hydrogen-bond acceptors (Lipinski definition) is 4. The Morgan fingerprint density at radius 2 is 2.17 bits per heavy atom. The van der Waals surface area contributed by atoms with Gasteiger partial charge in [-0.15, -0.1) is 0 Å². The molecule has 5 nitrogen and oxygen atoms in total. The quantitative estimate of drug-likeness (QED) is 0.265. The molecule has 0 bridgehead atoms. The highest BCUT2D eigenvalue weighted by molar-refractivity contribution is 5.96. The van der Waals surface area contributed by atoms with Crippen molar-refractivity contribution < 1.29 is 9.63 Å². The number of nitrogens with one attached hydrogen (secondary N) is 2. The summed E-state index contributed by atoms with van der Waals surface area (Å²) in [6.45, 7) is 3.75. The highest BCUT2D eigenvalue weighted by Gasteiger charge is 2.23. The Kier molecular flexibility index (Phi) is 4.28. The van der Waals surface area contributed by atoms with Gasteiger partial charge in [0.2, 0.25) is 6.41 Å². The summed E-state index contributed by atoms with van der Waals surface area (Å²) in [6.07, 6.45) is 0.566. The third kappa shape index (κ3) is 2.87. The van der Waals surface area contributed by atoms with Gasteiger partial charge in [-0.05, 0) is 20.9 Å². The maximum absolute atomic E-state index is 10.2. The standard InChI is InChI=1S/C7H15N3O2/c1-7(2,8-3)6(9-5-11)10-12-4/h5,8H,1-4H3,(H,9,10,11). The maximum Gasteiger partial charge on any atom is 0.212 e. The molecular formula is C7H15N3O2. The Morgan fingerprint density at radius 1 is 1.58 bits per heavy atom. The lowest BCUT2D eigenvalue weighted by atomic mass is 10.1. The summed E-state index contributed by atoms with van der Waals surface area (Å²) in [4.78, 5) is 14.7. The van der Waals surface area contributed by atoms with Crippen LogP contribution in [0.2, 0.25) is 0 Å². The van der Waals surface area contributed by atoms with Crippen LogP contribution < -0.4 is 10.6 Å². The minimum Gasteiger partial charge on any atom is -0.398 e. The van der Waals surface area contributed by atoms with Gasteiger partial charge in [-0.25, -0.2) is 0 Å². The second-order valence-electron chi connectivity index (χ2n) is 2.76. The minimum absolute atomic E-state index is 0.406. The monoisotopic (exact) mass is 173 g/mol. The van der Waals surface area contributed by atoms with Crippen LogP contribution >= 0.6 is 0 Å². The predicted octanol–water partition coefficient (Wildman–Crippen LogP) is -0.310. The van der Waals surface area contributed by atoms with E-state index >= 15 is 0 Å². The van der Waals surface area contributed by atoms with Crippen molar-refractivity contribution >= 4 is 12.2 Å². The molecule has 0 aliphatic carbocycles. The zero-order chi connectivity index (χ0) is 9.61. The summed E-state index contributed by atoms with van der Waals surface area (Å²) in [5.74, 6) is 0.447. The van der Waals surface area contributed by atoms with Gasteiger partial charge in [-0.2, -0.15) is 0 Å². The van der Waals surface area contributed by atoms with E-state index in [4.69, 9.17) is 0 Å². The Hall–Kier alpha value is -1.10. The molecular weight excluding hydrogens is 158 g/mol. The Labute approximate surface area is 72.2 Å². The van der Waals surface area contributed by atoms with Gasteiger partial charge in [0.15, 0.2) is 5.84 Å². The first-order chi connectivity index (χ1) is 5.58. The van der Waals surface area contributed by atoms with Crippen LogP contribution in [0.5, 0.6) is 0 Å². The van der Waals surface area contributed by atoms with Gasteiger partial charge < -0.3 is 15.5 Å². The van der Waals surface area contributed by atoms with Crippen molar-refractivity contribution in [1.82, 2.24) is 10.6 Å². The molecule has 0 aliphatic heterocycles. The Balaban J connectivity index is 4.49. The molecule has 0 atom stereocenters. The van der Waals surface area contributed by atoms with Crippen LogP contribution in [0.1, 0.15) is 13.8 Å². The number of hydrogen-bond donors (Lipinski definition) is 2. The second kappa shape index (κ2) is 4.71. The van der Waals surface area contributed by atoms with Crippen LogP contribution in [0.25, 0.3) is 0 Å². The van der Waals surface area contributed by atoms with E-state index in [1.165, 1.54) is 7.11 Å². The number of amides is 1. The molecule has 0 fully saturated rings. The van der Waals surface area contributed by atoms with Crippen LogP contribution in [0.3, 0.4) is 0 Å². The molecule has 0 spiro atoms. The zero-order valence-electron chi connectivity index (χ0n) is 7.84. The van der Waals surface area contributed by atoms with E-state index in [-0.39, 0.29) is 0 Å². The van der Waals surface area contributed by atoms with Crippen molar-refractivity contribution in [2.45, 2.75) is 19.4 Å². The summed E-state index contributed by atoms with van der Waals surface area (Å²) >= 11 is 0. The Morgan fingerprint density at radius 3 is 2.50 bits per heavy atom. The van der Waals surface area contributed by atoms with E-state index < -0.39 is 5.54 Å². The SMILES string of the molecule is CNC(C)(C)/C(=N/OC)NC=O. The highest BCUT2D eigenvalue weighted by atomic mass is 16.6. The van der Waals surface area contributed by atoms with Crippen LogP contribution in [0, 0.1) is 0 Å². The molecule has 1 amide bonds. The fourth-order valence-corrected chi connectivity index (χ4v) is 0.586. The molecule has 0 aliphatic rings. The normalized spacial score (nSPS) is 12.5. The van der Waals surface area contributed by atoms with E-state index in [0.717, 1.165) is 0 Å². The third-order valence-electron chi connectivity index (χ3n) is 1.60. The van der Waals surface area contributed by atoms with Gasteiger partial charge >= 0.3 is 0 Å². The molecule has 2 N–H and O–H groups in total. The molecule has 0 heterocycles. The van der Waals surface area contributed by atoms with E-state index in [1.807, 2.05) is 13.8 Å². The lowest BCUT2D eigenvalue weighted by Gasteiger charge is -2.24. The lowest BCUT2D eigenvalue weighted by molar-refractivity contribution is -0.108. The van der Waals surface area contributed by atoms with Crippen molar-refractivity contribution in [3.63, 3.8) is 0 Å². The molecule has 5 heteroatoms. The average molecular weight is 173 g/mol. The topological polar surface area (TPSA) is 62.7 Å². The van der Waals surface area contributed by atoms with Crippen molar-refractivity contribution in [1.29, 1.82) is 0 Å². The first-order valence-electron chi connectivity index (χ1n) is 3.59. The third-order valence-corrected chi connectivity index (χ3v) is 1.60. The van der Waals surface area contributed by atoms with Gasteiger partial charge in [0.05, 0.1) is 5.54 Å². The molecule has 0 rings (SSSR count). The molecule has 0 radical (unpaired) electrons. The van der Waals surface area contributed by atoms with Crippen molar-refractivity contribution in [3.8, 4) is 0 Å². The first kappa shape index (κ1) is 10.9. The highest BCUT2D eigenvalue weighted by Crippen LogP contribution is 2.01. The number of rotatable bonds is 4. The first-order valence-corrected chi connectivity index (χ1v) is 3.59. The molecule has 0 unspecified atom stereocenters. The lowest BCUT2D eigenvalue weighted by Crippen LogP contribution is -2.50. The fraction of sp³-hybridized carbons (Fsp3) is 0.714. The molecule has 0 saturated heterocycles. The molecule has 12 heavy (non-hydrogen) atoms. The van der Waals surface area contributed by atoms with E-state index in [2.05, 4.69) is 20.6 Å². The summed E-state index contributed by atoms with van der Waals surface area (Å²) in [7, 11) is 3.20. The molecule has 0 aromatic rings. The number of carbonyl (C=O) groups excluding carboxylic acids is 1. The fourth-order valence-electron chi connectivity index (χ4n) is 0.586. The predicted molar refractivity (Wildman–Crippen MR) is 46.8 cm³/mol. The van der Waals surface area contributed by atoms with Gasteiger partial charge in [-0.1, -0.05) is 5.16 Å². The van der Waals surface area contributed by atoms with Gasteiger partial charge in [-0.3, -0.25) is 4.79 Å². The van der Waals surface area contributed by atoms with Crippen molar-refractivity contribution in [2.75, 3.05) is 14.2 Å². The van der Waals surface area contributed by atoms with Crippen LogP contribution in [-0.4, -0.2) is 31.9 Å². The number of likely N-dealkylation sites (N-methyl/N-ethyl adjacent to an activating group) is 1. The molecule has 0 saturated carbocycles. The largest absolute Gasteiger partial charge is 0.398 e. The molecule has 0 aromatic heterocycles. The Bertz CT molecular complexity index is 177. The van der Waals surface area contributed by atoms with Crippen LogP contribution in [0.15, 0.2) is 5.16 Å². The number of amidine groups is 1. The smallest absolute Gasteiger partial charge is 0.212 e. The van der Waals surface area contributed by atoms with Gasteiger partial charge in [0.25, 0.3) is 0 Å². The van der Waals surface area contributed by atoms with E-state index in [0.29, 0.717) is 12.2 Å². The van der Waals surface area contributed by atoms with Crippen molar-refractivity contribution in [2.24, 2.45) is 5.16 Å². The van der Waals surface area contributed by atoms with Crippen LogP contribution in [0.4, 0.5) is 0 Å². The summed E-state index contributed by atoms with van der Waals surface area (Å²) < 4.78 is 0. The second-order valence-corrected chi connectivity index (χ2v) is 2.76.